The third kappa shape index (κ3) is 2.79. The van der Waals surface area contributed by atoms with Crippen molar-refractivity contribution >= 4 is 11.6 Å². The summed E-state index contributed by atoms with van der Waals surface area (Å²) < 4.78 is 5.53. The Balaban J connectivity index is 2.29. The minimum Gasteiger partial charge on any atom is -0.496 e. The molecule has 0 aromatic heterocycles. The number of hydrogen-bond donors (Lipinski definition) is 1. The van der Waals surface area contributed by atoms with Crippen LogP contribution >= 0.6 is 11.6 Å². The van der Waals surface area contributed by atoms with Gasteiger partial charge in [-0.2, -0.15) is 0 Å². The molecule has 0 atom stereocenters. The maximum Gasteiger partial charge on any atom is 0.127 e. The van der Waals surface area contributed by atoms with Crippen molar-refractivity contribution in [2.75, 3.05) is 33.3 Å². The Labute approximate surface area is 114 Å². The molecule has 1 aromatic rings. The molecule has 0 unspecified atom stereocenters. The summed E-state index contributed by atoms with van der Waals surface area (Å²) in [5, 5.41) is 4.20. The number of methoxy groups -OCH3 is 1. The van der Waals surface area contributed by atoms with E-state index in [0.717, 1.165) is 60.2 Å². The fourth-order valence-corrected chi connectivity index (χ4v) is 2.75. The summed E-state index contributed by atoms with van der Waals surface area (Å²) in [4.78, 5) is 2.42. The van der Waals surface area contributed by atoms with Gasteiger partial charge in [0.1, 0.15) is 5.75 Å². The highest BCUT2D eigenvalue weighted by Gasteiger charge is 2.18. The molecule has 0 bridgehead atoms. The molecule has 1 fully saturated rings. The molecule has 1 saturated heterocycles. The van der Waals surface area contributed by atoms with Crippen molar-refractivity contribution < 1.29 is 4.74 Å². The maximum atomic E-state index is 6.45. The van der Waals surface area contributed by atoms with Gasteiger partial charge >= 0.3 is 0 Å². The quantitative estimate of drug-likeness (QED) is 0.911. The predicted octanol–water partition coefficient (Wildman–Crippen LogP) is 2.37. The summed E-state index contributed by atoms with van der Waals surface area (Å²) in [7, 11) is 1.72. The molecule has 100 valence electrons. The van der Waals surface area contributed by atoms with Crippen LogP contribution in [0.4, 0.5) is 0 Å². The van der Waals surface area contributed by atoms with Gasteiger partial charge in [-0.1, -0.05) is 17.7 Å². The molecule has 1 N–H and O–H groups in total. The number of nitrogens with one attached hydrogen (secondary N) is 1. The van der Waals surface area contributed by atoms with Gasteiger partial charge in [0.25, 0.3) is 0 Å². The van der Waals surface area contributed by atoms with Crippen LogP contribution in [0.2, 0.25) is 5.02 Å². The van der Waals surface area contributed by atoms with E-state index in [0.29, 0.717) is 0 Å². The summed E-state index contributed by atoms with van der Waals surface area (Å²) in [6, 6.07) is 2.09. The van der Waals surface area contributed by atoms with E-state index in [-0.39, 0.29) is 0 Å². The van der Waals surface area contributed by atoms with E-state index in [9.17, 15) is 0 Å². The van der Waals surface area contributed by atoms with E-state index in [1.54, 1.807) is 7.11 Å². The number of benzene rings is 1. The van der Waals surface area contributed by atoms with E-state index in [1.165, 1.54) is 0 Å². The molecule has 1 heterocycles. The van der Waals surface area contributed by atoms with Gasteiger partial charge in [0.05, 0.1) is 12.1 Å². The van der Waals surface area contributed by atoms with Gasteiger partial charge in [-0.3, -0.25) is 4.90 Å². The number of aryl methyl sites for hydroxylation is 2. The molecule has 1 aliphatic heterocycles. The van der Waals surface area contributed by atoms with Crippen molar-refractivity contribution in [2.45, 2.75) is 20.4 Å². The lowest BCUT2D eigenvalue weighted by Crippen LogP contribution is -2.43. The molecule has 4 heteroatoms. The van der Waals surface area contributed by atoms with Crippen LogP contribution in [-0.4, -0.2) is 38.2 Å². The van der Waals surface area contributed by atoms with Crippen molar-refractivity contribution in [3.63, 3.8) is 0 Å². The Kier molecular flexibility index (Phi) is 4.49. The van der Waals surface area contributed by atoms with Crippen LogP contribution in [0, 0.1) is 13.8 Å². The molecule has 3 nitrogen and oxygen atoms in total. The van der Waals surface area contributed by atoms with E-state index in [2.05, 4.69) is 30.1 Å². The van der Waals surface area contributed by atoms with Crippen LogP contribution in [-0.2, 0) is 6.54 Å². The standard InChI is InChI=1S/C14H21ClN2O/c1-10-8-11(2)14(18-3)12(13(10)15)9-17-6-4-16-5-7-17/h8,16H,4-7,9H2,1-3H3. The second kappa shape index (κ2) is 5.91. The molecule has 1 aromatic carbocycles. The molecule has 2 rings (SSSR count). The van der Waals surface area contributed by atoms with Gasteiger partial charge in [-0.25, -0.2) is 0 Å². The summed E-state index contributed by atoms with van der Waals surface area (Å²) in [5.41, 5.74) is 3.41. The second-order valence-corrected chi connectivity index (χ2v) is 5.24. The van der Waals surface area contributed by atoms with Crippen molar-refractivity contribution in [3.8, 4) is 5.75 Å². The van der Waals surface area contributed by atoms with Crippen molar-refractivity contribution in [1.29, 1.82) is 0 Å². The zero-order valence-corrected chi connectivity index (χ0v) is 12.1. The first-order chi connectivity index (χ1) is 8.63. The van der Waals surface area contributed by atoms with Crippen molar-refractivity contribution in [3.05, 3.63) is 27.8 Å². The van der Waals surface area contributed by atoms with Crippen LogP contribution in [0.5, 0.6) is 5.75 Å². The van der Waals surface area contributed by atoms with Crippen LogP contribution in [0.3, 0.4) is 0 Å². The zero-order valence-electron chi connectivity index (χ0n) is 11.3. The van der Waals surface area contributed by atoms with Crippen LogP contribution in [0.1, 0.15) is 16.7 Å². The SMILES string of the molecule is COc1c(C)cc(C)c(Cl)c1CN1CCNCC1. The predicted molar refractivity (Wildman–Crippen MR) is 75.6 cm³/mol. The topological polar surface area (TPSA) is 24.5 Å². The second-order valence-electron chi connectivity index (χ2n) is 4.86. The molecular formula is C14H21ClN2O. The number of hydrogen-bond acceptors (Lipinski definition) is 3. The number of ether oxygens (including phenoxy) is 1. The lowest BCUT2D eigenvalue weighted by atomic mass is 10.0. The average Bonchev–Trinajstić information content (AvgIpc) is 2.37. The lowest BCUT2D eigenvalue weighted by Gasteiger charge is -2.28. The van der Waals surface area contributed by atoms with E-state index in [1.807, 2.05) is 0 Å². The Morgan fingerprint density at radius 2 is 1.94 bits per heavy atom. The Morgan fingerprint density at radius 3 is 2.56 bits per heavy atom. The third-order valence-electron chi connectivity index (χ3n) is 3.47. The number of piperazine rings is 1. The Bertz CT molecular complexity index is 428. The summed E-state index contributed by atoms with van der Waals surface area (Å²) in [6.07, 6.45) is 0. The minimum atomic E-state index is 0.844. The average molecular weight is 269 g/mol. The highest BCUT2D eigenvalue weighted by atomic mass is 35.5. The summed E-state index contributed by atoms with van der Waals surface area (Å²) in [6.45, 7) is 9.21. The van der Waals surface area contributed by atoms with Gasteiger partial charge in [-0.05, 0) is 25.0 Å². The monoisotopic (exact) mass is 268 g/mol. The van der Waals surface area contributed by atoms with Gasteiger partial charge in [0.15, 0.2) is 0 Å². The molecule has 0 radical (unpaired) electrons. The summed E-state index contributed by atoms with van der Waals surface area (Å²) in [5.74, 6) is 0.934. The molecule has 0 amide bonds. The normalized spacial score (nSPS) is 16.9. The van der Waals surface area contributed by atoms with E-state index < -0.39 is 0 Å². The van der Waals surface area contributed by atoms with Gasteiger partial charge < -0.3 is 10.1 Å². The van der Waals surface area contributed by atoms with Gasteiger partial charge in [-0.15, -0.1) is 0 Å². The fraction of sp³-hybridized carbons (Fsp3) is 0.571. The Hall–Kier alpha value is -0.770. The van der Waals surface area contributed by atoms with E-state index in [4.69, 9.17) is 16.3 Å². The van der Waals surface area contributed by atoms with Crippen LogP contribution < -0.4 is 10.1 Å². The molecule has 0 aliphatic carbocycles. The molecular weight excluding hydrogens is 248 g/mol. The first-order valence-electron chi connectivity index (χ1n) is 6.39. The van der Waals surface area contributed by atoms with Gasteiger partial charge in [0, 0.05) is 38.3 Å². The number of rotatable bonds is 3. The molecule has 0 saturated carbocycles. The van der Waals surface area contributed by atoms with E-state index >= 15 is 0 Å². The van der Waals surface area contributed by atoms with Gasteiger partial charge in [0.2, 0.25) is 0 Å². The number of halogens is 1. The first kappa shape index (κ1) is 13.7. The largest absolute Gasteiger partial charge is 0.496 e. The Morgan fingerprint density at radius 1 is 1.28 bits per heavy atom. The van der Waals surface area contributed by atoms with Crippen LogP contribution in [0.15, 0.2) is 6.07 Å². The summed E-state index contributed by atoms with van der Waals surface area (Å²) >= 11 is 6.45. The minimum absolute atomic E-state index is 0.844. The molecule has 0 spiro atoms. The number of nitrogens with zero attached hydrogens (tertiary/aromatic N) is 1. The third-order valence-corrected chi connectivity index (χ3v) is 4.00. The van der Waals surface area contributed by atoms with Crippen molar-refractivity contribution in [1.82, 2.24) is 10.2 Å². The fourth-order valence-electron chi connectivity index (χ4n) is 2.55. The smallest absolute Gasteiger partial charge is 0.127 e. The highest BCUT2D eigenvalue weighted by molar-refractivity contribution is 6.32. The molecule has 18 heavy (non-hydrogen) atoms. The molecule has 1 aliphatic rings. The van der Waals surface area contributed by atoms with Crippen molar-refractivity contribution in [2.24, 2.45) is 0 Å². The van der Waals surface area contributed by atoms with Crippen LogP contribution in [0.25, 0.3) is 0 Å². The lowest BCUT2D eigenvalue weighted by molar-refractivity contribution is 0.230. The maximum absolute atomic E-state index is 6.45. The zero-order chi connectivity index (χ0) is 13.1. The highest BCUT2D eigenvalue weighted by Crippen LogP contribution is 2.34. The first-order valence-corrected chi connectivity index (χ1v) is 6.77.